The molecule has 1 aromatic heterocycles. The molecule has 7 heteroatoms. The summed E-state index contributed by atoms with van der Waals surface area (Å²) in [5, 5.41) is 8.99. The highest BCUT2D eigenvalue weighted by molar-refractivity contribution is 5.77. The second-order valence-electron chi connectivity index (χ2n) is 6.03. The predicted octanol–water partition coefficient (Wildman–Crippen LogP) is 1.18. The maximum absolute atomic E-state index is 12.3. The molecule has 1 saturated heterocycles. The molecular formula is C16H24N4O3. The maximum Gasteiger partial charge on any atom is 0.306 e. The van der Waals surface area contributed by atoms with E-state index in [2.05, 4.69) is 14.9 Å². The Balaban J connectivity index is 1.77. The Bertz CT molecular complexity index is 529. The van der Waals surface area contributed by atoms with Crippen LogP contribution in [0.2, 0.25) is 0 Å². The van der Waals surface area contributed by atoms with Crippen LogP contribution in [0.25, 0.3) is 0 Å². The molecular weight excluding hydrogens is 296 g/mol. The molecule has 1 aliphatic rings. The average molecular weight is 320 g/mol. The highest BCUT2D eigenvalue weighted by Gasteiger charge is 2.27. The zero-order valence-corrected chi connectivity index (χ0v) is 13.7. The Morgan fingerprint density at radius 1 is 1.43 bits per heavy atom. The number of piperidine rings is 1. The highest BCUT2D eigenvalue weighted by atomic mass is 16.4. The number of nitrogens with zero attached hydrogens (tertiary/aromatic N) is 4. The lowest BCUT2D eigenvalue weighted by Crippen LogP contribution is -2.41. The summed E-state index contributed by atoms with van der Waals surface area (Å²) in [5.41, 5.74) is 0.928. The molecule has 1 aliphatic heterocycles. The van der Waals surface area contributed by atoms with E-state index in [-0.39, 0.29) is 17.9 Å². The molecule has 7 nitrogen and oxygen atoms in total. The normalized spacial score (nSPS) is 17.3. The van der Waals surface area contributed by atoms with Crippen molar-refractivity contribution in [2.24, 2.45) is 5.92 Å². The zero-order valence-electron chi connectivity index (χ0n) is 13.7. The number of amides is 1. The van der Waals surface area contributed by atoms with Gasteiger partial charge >= 0.3 is 5.97 Å². The third kappa shape index (κ3) is 4.72. The fourth-order valence-corrected chi connectivity index (χ4v) is 2.77. The number of hydrogen-bond acceptors (Lipinski definition) is 5. The number of likely N-dealkylation sites (tertiary alicyclic amines) is 1. The number of aliphatic carboxylic acids is 1. The Morgan fingerprint density at radius 3 is 2.70 bits per heavy atom. The SMILES string of the molecule is C[C@@H](c1ccncn1)N(C)CCC(=O)N1CCC(C(=O)O)CC1. The summed E-state index contributed by atoms with van der Waals surface area (Å²) < 4.78 is 0. The van der Waals surface area contributed by atoms with Gasteiger partial charge in [-0.1, -0.05) is 0 Å². The number of carbonyl (C=O) groups excluding carboxylic acids is 1. The molecule has 1 fully saturated rings. The summed E-state index contributed by atoms with van der Waals surface area (Å²) in [6, 6.07) is 1.99. The number of carbonyl (C=O) groups is 2. The lowest BCUT2D eigenvalue weighted by molar-refractivity contribution is -0.145. The molecule has 126 valence electrons. The third-order valence-electron chi connectivity index (χ3n) is 4.57. The van der Waals surface area contributed by atoms with E-state index in [4.69, 9.17) is 5.11 Å². The van der Waals surface area contributed by atoms with Crippen LogP contribution in [-0.2, 0) is 9.59 Å². The van der Waals surface area contributed by atoms with E-state index in [9.17, 15) is 9.59 Å². The van der Waals surface area contributed by atoms with Gasteiger partial charge in [0.25, 0.3) is 0 Å². The van der Waals surface area contributed by atoms with Crippen LogP contribution in [0.15, 0.2) is 18.6 Å². The van der Waals surface area contributed by atoms with Gasteiger partial charge in [-0.25, -0.2) is 9.97 Å². The van der Waals surface area contributed by atoms with Gasteiger partial charge in [0.1, 0.15) is 6.33 Å². The second kappa shape index (κ2) is 8.01. The summed E-state index contributed by atoms with van der Waals surface area (Å²) in [5.74, 6) is -0.967. The molecule has 2 rings (SSSR count). The number of aromatic nitrogens is 2. The van der Waals surface area contributed by atoms with Crippen molar-refractivity contribution in [1.82, 2.24) is 19.8 Å². The van der Waals surface area contributed by atoms with Gasteiger partial charge in [0.05, 0.1) is 11.6 Å². The minimum atomic E-state index is -0.754. The van der Waals surface area contributed by atoms with Crippen LogP contribution in [-0.4, -0.2) is 63.4 Å². The molecule has 2 heterocycles. The van der Waals surface area contributed by atoms with Gasteiger partial charge in [0, 0.05) is 38.3 Å². The van der Waals surface area contributed by atoms with Crippen molar-refractivity contribution in [1.29, 1.82) is 0 Å². The van der Waals surface area contributed by atoms with Crippen molar-refractivity contribution in [2.75, 3.05) is 26.7 Å². The first kappa shape index (κ1) is 17.3. The van der Waals surface area contributed by atoms with Crippen LogP contribution in [0.3, 0.4) is 0 Å². The predicted molar refractivity (Wildman–Crippen MR) is 84.6 cm³/mol. The smallest absolute Gasteiger partial charge is 0.306 e. The Morgan fingerprint density at radius 2 is 2.13 bits per heavy atom. The fraction of sp³-hybridized carbons (Fsp3) is 0.625. The van der Waals surface area contributed by atoms with Crippen LogP contribution in [0.4, 0.5) is 0 Å². The Hall–Kier alpha value is -2.02. The summed E-state index contributed by atoms with van der Waals surface area (Å²) in [4.78, 5) is 35.2. The molecule has 0 radical (unpaired) electrons. The topological polar surface area (TPSA) is 86.6 Å². The van der Waals surface area contributed by atoms with Crippen LogP contribution < -0.4 is 0 Å². The van der Waals surface area contributed by atoms with Crippen LogP contribution >= 0.6 is 0 Å². The van der Waals surface area contributed by atoms with Crippen LogP contribution in [0.5, 0.6) is 0 Å². The van der Waals surface area contributed by atoms with Crippen molar-refractivity contribution in [3.8, 4) is 0 Å². The van der Waals surface area contributed by atoms with E-state index in [1.807, 2.05) is 20.0 Å². The summed E-state index contributed by atoms with van der Waals surface area (Å²) in [6.07, 6.45) is 4.77. The van der Waals surface area contributed by atoms with E-state index < -0.39 is 5.97 Å². The van der Waals surface area contributed by atoms with Gasteiger partial charge in [-0.05, 0) is 32.9 Å². The van der Waals surface area contributed by atoms with E-state index in [1.165, 1.54) is 6.33 Å². The van der Waals surface area contributed by atoms with Gasteiger partial charge in [-0.2, -0.15) is 0 Å². The molecule has 0 aromatic carbocycles. The summed E-state index contributed by atoms with van der Waals surface area (Å²) in [7, 11) is 1.97. The molecule has 0 bridgehead atoms. The molecule has 1 atom stereocenters. The van der Waals surface area contributed by atoms with Gasteiger partial charge in [-0.15, -0.1) is 0 Å². The largest absolute Gasteiger partial charge is 0.481 e. The number of carboxylic acid groups (broad SMARTS) is 1. The number of rotatable bonds is 6. The van der Waals surface area contributed by atoms with Crippen molar-refractivity contribution in [2.45, 2.75) is 32.2 Å². The lowest BCUT2D eigenvalue weighted by Gasteiger charge is -2.31. The molecule has 0 spiro atoms. The molecule has 0 unspecified atom stereocenters. The van der Waals surface area contributed by atoms with Crippen molar-refractivity contribution in [3.05, 3.63) is 24.3 Å². The maximum atomic E-state index is 12.3. The Labute approximate surface area is 136 Å². The highest BCUT2D eigenvalue weighted by Crippen LogP contribution is 2.19. The van der Waals surface area contributed by atoms with E-state index in [0.29, 0.717) is 38.9 Å². The quantitative estimate of drug-likeness (QED) is 0.847. The average Bonchev–Trinajstić information content (AvgIpc) is 2.59. The monoisotopic (exact) mass is 320 g/mol. The standard InChI is InChI=1S/C16H24N4O3/c1-12(14-3-7-17-11-18-14)19(2)8-6-15(21)20-9-4-13(5-10-20)16(22)23/h3,7,11-13H,4-6,8-10H2,1-2H3,(H,22,23)/t12-/m0/s1. The van der Waals surface area contributed by atoms with Crippen LogP contribution in [0, 0.1) is 5.92 Å². The minimum absolute atomic E-state index is 0.0931. The number of carboxylic acids is 1. The minimum Gasteiger partial charge on any atom is -0.481 e. The van der Waals surface area contributed by atoms with Gasteiger partial charge in [0.15, 0.2) is 0 Å². The fourth-order valence-electron chi connectivity index (χ4n) is 2.77. The van der Waals surface area contributed by atoms with Crippen molar-refractivity contribution >= 4 is 11.9 Å². The van der Waals surface area contributed by atoms with E-state index in [1.54, 1.807) is 11.1 Å². The summed E-state index contributed by atoms with van der Waals surface area (Å²) in [6.45, 7) is 3.77. The van der Waals surface area contributed by atoms with E-state index in [0.717, 1.165) is 5.69 Å². The molecule has 0 aliphatic carbocycles. The first-order valence-electron chi connectivity index (χ1n) is 7.95. The first-order chi connectivity index (χ1) is 11.0. The number of hydrogen-bond donors (Lipinski definition) is 1. The molecule has 23 heavy (non-hydrogen) atoms. The summed E-state index contributed by atoms with van der Waals surface area (Å²) >= 11 is 0. The molecule has 1 amide bonds. The Kier molecular flexibility index (Phi) is 6.04. The van der Waals surface area contributed by atoms with Gasteiger partial charge < -0.3 is 10.0 Å². The zero-order chi connectivity index (χ0) is 16.8. The van der Waals surface area contributed by atoms with Crippen molar-refractivity contribution < 1.29 is 14.7 Å². The van der Waals surface area contributed by atoms with Crippen LogP contribution in [0.1, 0.15) is 37.9 Å². The molecule has 1 N–H and O–H groups in total. The molecule has 1 aromatic rings. The van der Waals surface area contributed by atoms with E-state index >= 15 is 0 Å². The first-order valence-corrected chi connectivity index (χ1v) is 7.95. The van der Waals surface area contributed by atoms with Gasteiger partial charge in [0.2, 0.25) is 5.91 Å². The third-order valence-corrected chi connectivity index (χ3v) is 4.57. The molecule has 0 saturated carbocycles. The lowest BCUT2D eigenvalue weighted by atomic mass is 9.97. The van der Waals surface area contributed by atoms with Gasteiger partial charge in [-0.3, -0.25) is 14.5 Å². The van der Waals surface area contributed by atoms with Crippen molar-refractivity contribution in [3.63, 3.8) is 0 Å². The second-order valence-corrected chi connectivity index (χ2v) is 6.03.